The molecule has 150 valence electrons. The number of carbonyl (C=O) groups excluding carboxylic acids is 1. The summed E-state index contributed by atoms with van der Waals surface area (Å²) in [5.74, 6) is -0.124. The van der Waals surface area contributed by atoms with E-state index in [0.717, 1.165) is 37.0 Å². The van der Waals surface area contributed by atoms with Crippen LogP contribution >= 0.6 is 0 Å². The molecule has 6 nitrogen and oxygen atoms in total. The molecule has 2 rings (SSSR count). The minimum Gasteiger partial charge on any atom is -0.356 e. The summed E-state index contributed by atoms with van der Waals surface area (Å²) in [6, 6.07) is 9.21. The van der Waals surface area contributed by atoms with Gasteiger partial charge in [0.05, 0.1) is 0 Å². The van der Waals surface area contributed by atoms with Gasteiger partial charge in [-0.3, -0.25) is 4.79 Å². The average Bonchev–Trinajstić information content (AvgIpc) is 2.93. The van der Waals surface area contributed by atoms with Crippen LogP contribution in [0.25, 0.3) is 6.08 Å². The number of nitrogens with zero attached hydrogens (tertiary/aromatic N) is 1. The molecule has 0 saturated carbocycles. The fraction of sp³-hybridized carbons (Fsp3) is 0.550. The molecule has 0 unspecified atom stereocenters. The second-order valence-corrected chi connectivity index (χ2v) is 8.51. The van der Waals surface area contributed by atoms with Gasteiger partial charge in [0.1, 0.15) is 0 Å². The van der Waals surface area contributed by atoms with E-state index in [4.69, 9.17) is 0 Å². The summed E-state index contributed by atoms with van der Waals surface area (Å²) in [7, 11) is -3.54. The van der Waals surface area contributed by atoms with Gasteiger partial charge in [-0.1, -0.05) is 43.2 Å². The molecular formula is C20H31N3O3S. The number of carbonyl (C=O) groups is 1. The molecule has 0 radical (unpaired) electrons. The zero-order chi connectivity index (χ0) is 19.4. The molecule has 1 amide bonds. The molecule has 1 aliphatic rings. The van der Waals surface area contributed by atoms with Gasteiger partial charge in [0.2, 0.25) is 15.9 Å². The van der Waals surface area contributed by atoms with Crippen LogP contribution in [0.5, 0.6) is 0 Å². The number of benzene rings is 1. The van der Waals surface area contributed by atoms with Gasteiger partial charge in [0, 0.05) is 24.9 Å². The minimum atomic E-state index is -3.54. The van der Waals surface area contributed by atoms with Gasteiger partial charge >= 0.3 is 0 Å². The fourth-order valence-corrected chi connectivity index (χ4v) is 3.88. The van der Waals surface area contributed by atoms with Crippen LogP contribution in [0.2, 0.25) is 0 Å². The summed E-state index contributed by atoms with van der Waals surface area (Å²) in [6.45, 7) is 4.06. The maximum Gasteiger partial charge on any atom is 0.233 e. The van der Waals surface area contributed by atoms with E-state index in [-0.39, 0.29) is 18.9 Å². The Morgan fingerprint density at radius 1 is 1.04 bits per heavy atom. The number of sulfonamides is 1. The summed E-state index contributed by atoms with van der Waals surface area (Å²) >= 11 is 0. The summed E-state index contributed by atoms with van der Waals surface area (Å²) < 4.78 is 26.3. The number of hydrogen-bond donors (Lipinski definition) is 2. The largest absolute Gasteiger partial charge is 0.356 e. The molecule has 1 saturated heterocycles. The van der Waals surface area contributed by atoms with Crippen molar-refractivity contribution in [3.8, 4) is 0 Å². The first-order valence-electron chi connectivity index (χ1n) is 9.77. The third-order valence-electron chi connectivity index (χ3n) is 4.57. The Hall–Kier alpha value is -1.70. The average molecular weight is 394 g/mol. The minimum absolute atomic E-state index is 0.0966. The van der Waals surface area contributed by atoms with E-state index < -0.39 is 10.0 Å². The second kappa shape index (κ2) is 11.9. The molecule has 1 heterocycles. The first kappa shape index (κ1) is 21.6. The lowest BCUT2D eigenvalue weighted by Gasteiger charge is -2.19. The number of nitrogens with one attached hydrogen (secondary N) is 2. The van der Waals surface area contributed by atoms with Crippen molar-refractivity contribution in [3.05, 3.63) is 41.3 Å². The van der Waals surface area contributed by atoms with Crippen LogP contribution in [0.4, 0.5) is 0 Å². The third kappa shape index (κ3) is 9.70. The number of amides is 1. The molecule has 0 atom stereocenters. The van der Waals surface area contributed by atoms with Crippen molar-refractivity contribution < 1.29 is 13.2 Å². The van der Waals surface area contributed by atoms with E-state index in [1.165, 1.54) is 31.8 Å². The summed E-state index contributed by atoms with van der Waals surface area (Å²) in [6.07, 6.45) is 7.79. The van der Waals surface area contributed by atoms with Crippen LogP contribution in [0, 0.1) is 0 Å². The Kier molecular flexibility index (Phi) is 9.52. The maximum atomic E-state index is 11.9. The van der Waals surface area contributed by atoms with Gasteiger partial charge in [-0.2, -0.15) is 0 Å². The van der Waals surface area contributed by atoms with Gasteiger partial charge in [-0.05, 0) is 50.5 Å². The quantitative estimate of drug-likeness (QED) is 0.598. The van der Waals surface area contributed by atoms with Crippen molar-refractivity contribution >= 4 is 22.0 Å². The molecule has 1 fully saturated rings. The summed E-state index contributed by atoms with van der Waals surface area (Å²) in [4.78, 5) is 14.3. The summed E-state index contributed by atoms with van der Waals surface area (Å²) in [5.41, 5.74) is 0.810. The molecule has 0 aliphatic carbocycles. The molecular weight excluding hydrogens is 362 g/mol. The van der Waals surface area contributed by atoms with Gasteiger partial charge in [-0.15, -0.1) is 0 Å². The van der Waals surface area contributed by atoms with E-state index in [2.05, 4.69) is 14.9 Å². The topological polar surface area (TPSA) is 78.5 Å². The third-order valence-corrected chi connectivity index (χ3v) is 5.67. The highest BCUT2D eigenvalue weighted by atomic mass is 32.2. The zero-order valence-electron chi connectivity index (χ0n) is 15.9. The van der Waals surface area contributed by atoms with Crippen LogP contribution < -0.4 is 10.0 Å². The maximum absolute atomic E-state index is 11.9. The van der Waals surface area contributed by atoms with E-state index in [1.807, 2.05) is 30.3 Å². The highest BCUT2D eigenvalue weighted by molar-refractivity contribution is 7.92. The predicted molar refractivity (Wildman–Crippen MR) is 110 cm³/mol. The Morgan fingerprint density at radius 3 is 2.44 bits per heavy atom. The van der Waals surface area contributed by atoms with E-state index in [9.17, 15) is 13.2 Å². The molecule has 27 heavy (non-hydrogen) atoms. The molecule has 2 N–H and O–H groups in total. The lowest BCUT2D eigenvalue weighted by Crippen LogP contribution is -2.32. The molecule has 1 aromatic rings. The zero-order valence-corrected chi connectivity index (χ0v) is 16.7. The Balaban J connectivity index is 1.57. The highest BCUT2D eigenvalue weighted by Gasteiger charge is 2.09. The smallest absolute Gasteiger partial charge is 0.233 e. The van der Waals surface area contributed by atoms with E-state index in [0.29, 0.717) is 6.54 Å². The molecule has 1 aromatic carbocycles. The van der Waals surface area contributed by atoms with Crippen molar-refractivity contribution in [2.45, 2.75) is 38.5 Å². The van der Waals surface area contributed by atoms with Crippen LogP contribution in [0.15, 0.2) is 35.7 Å². The number of likely N-dealkylation sites (tertiary alicyclic amines) is 1. The van der Waals surface area contributed by atoms with Crippen molar-refractivity contribution in [3.63, 3.8) is 0 Å². The standard InChI is InChI=1S/C20H31N3O3S/c24-20(21-13-8-17-23-15-6-1-2-7-16-23)11-14-22-27(25,26)18-12-19-9-4-3-5-10-19/h3-5,9-10,12,18,22H,1-2,6-8,11,13-17H2,(H,21,24)/b18-12+. The number of hydrogen-bond acceptors (Lipinski definition) is 4. The van der Waals surface area contributed by atoms with Crippen LogP contribution in [0.1, 0.15) is 44.1 Å². The van der Waals surface area contributed by atoms with Gasteiger partial charge in [0.15, 0.2) is 0 Å². The molecule has 0 spiro atoms. The normalized spacial score (nSPS) is 16.3. The Morgan fingerprint density at radius 2 is 1.74 bits per heavy atom. The lowest BCUT2D eigenvalue weighted by atomic mass is 10.2. The number of rotatable bonds is 10. The van der Waals surface area contributed by atoms with Crippen LogP contribution in [-0.4, -0.2) is 51.9 Å². The fourth-order valence-electron chi connectivity index (χ4n) is 3.07. The van der Waals surface area contributed by atoms with Gasteiger partial charge in [0.25, 0.3) is 0 Å². The van der Waals surface area contributed by atoms with Crippen molar-refractivity contribution in [2.75, 3.05) is 32.7 Å². The molecule has 7 heteroatoms. The summed E-state index contributed by atoms with van der Waals surface area (Å²) in [5, 5.41) is 3.99. The monoisotopic (exact) mass is 393 g/mol. The van der Waals surface area contributed by atoms with Crippen LogP contribution in [0.3, 0.4) is 0 Å². The highest BCUT2D eigenvalue weighted by Crippen LogP contribution is 2.09. The lowest BCUT2D eigenvalue weighted by molar-refractivity contribution is -0.120. The molecule has 1 aliphatic heterocycles. The van der Waals surface area contributed by atoms with Crippen molar-refractivity contribution in [2.24, 2.45) is 0 Å². The molecule has 0 bridgehead atoms. The van der Waals surface area contributed by atoms with Crippen molar-refractivity contribution in [1.82, 2.24) is 14.9 Å². The first-order chi connectivity index (χ1) is 13.1. The van der Waals surface area contributed by atoms with Crippen LogP contribution in [-0.2, 0) is 14.8 Å². The predicted octanol–water partition coefficient (Wildman–Crippen LogP) is 2.35. The molecule has 0 aromatic heterocycles. The van der Waals surface area contributed by atoms with Crippen molar-refractivity contribution in [1.29, 1.82) is 0 Å². The van der Waals surface area contributed by atoms with E-state index in [1.54, 1.807) is 0 Å². The first-order valence-corrected chi connectivity index (χ1v) is 11.3. The second-order valence-electron chi connectivity index (χ2n) is 6.86. The Bertz CT molecular complexity index is 682. The SMILES string of the molecule is O=C(CCNS(=O)(=O)/C=C/c1ccccc1)NCCCN1CCCCCC1. The van der Waals surface area contributed by atoms with E-state index >= 15 is 0 Å². The van der Waals surface area contributed by atoms with Gasteiger partial charge in [-0.25, -0.2) is 13.1 Å². The van der Waals surface area contributed by atoms with Gasteiger partial charge < -0.3 is 10.2 Å². The Labute approximate surface area is 163 Å².